The summed E-state index contributed by atoms with van der Waals surface area (Å²) in [4.78, 5) is 1.86. The highest BCUT2D eigenvalue weighted by Crippen LogP contribution is 2.17. The van der Waals surface area contributed by atoms with E-state index in [2.05, 4.69) is 6.07 Å². The van der Waals surface area contributed by atoms with Gasteiger partial charge in [-0.1, -0.05) is 0 Å². The van der Waals surface area contributed by atoms with E-state index >= 15 is 0 Å². The molecule has 64 valence electrons. The zero-order valence-electron chi connectivity index (χ0n) is 7.88. The van der Waals surface area contributed by atoms with Gasteiger partial charge in [-0.3, -0.25) is 4.90 Å². The predicted octanol–water partition coefficient (Wildman–Crippen LogP) is 0.865. The van der Waals surface area contributed by atoms with E-state index < -0.39 is 5.54 Å². The summed E-state index contributed by atoms with van der Waals surface area (Å²) in [5.41, 5.74) is -0.533. The van der Waals surface area contributed by atoms with Crippen LogP contribution in [0.5, 0.6) is 0 Å². The summed E-state index contributed by atoms with van der Waals surface area (Å²) in [7, 11) is 5.36. The van der Waals surface area contributed by atoms with Crippen LogP contribution in [0.15, 0.2) is 0 Å². The third kappa shape index (κ3) is 1.92. The maximum absolute atomic E-state index is 8.89. The first-order valence-electron chi connectivity index (χ1n) is 3.60. The largest absolute Gasteiger partial charge is 0.379 e. The van der Waals surface area contributed by atoms with Gasteiger partial charge >= 0.3 is 0 Å². The van der Waals surface area contributed by atoms with E-state index in [4.69, 9.17) is 10.00 Å². The highest BCUT2D eigenvalue weighted by molar-refractivity contribution is 5.07. The Bertz CT molecular complexity index is 162. The highest BCUT2D eigenvalue weighted by atomic mass is 16.5. The van der Waals surface area contributed by atoms with Gasteiger partial charge in [-0.2, -0.15) is 5.26 Å². The Kier molecular flexibility index (Phi) is 3.50. The quantitative estimate of drug-likeness (QED) is 0.608. The number of hydrogen-bond donors (Lipinski definition) is 0. The van der Waals surface area contributed by atoms with Crippen LogP contribution >= 0.6 is 0 Å². The summed E-state index contributed by atoms with van der Waals surface area (Å²) in [6.07, 6.45) is -0.0810. The minimum atomic E-state index is -0.533. The predicted molar refractivity (Wildman–Crippen MR) is 44.2 cm³/mol. The van der Waals surface area contributed by atoms with Gasteiger partial charge in [-0.25, -0.2) is 0 Å². The molecule has 2 atom stereocenters. The van der Waals surface area contributed by atoms with E-state index in [1.54, 1.807) is 7.11 Å². The summed E-state index contributed by atoms with van der Waals surface area (Å²) in [6, 6.07) is 2.23. The molecule has 0 amide bonds. The molecule has 0 spiro atoms. The number of nitrogens with zero attached hydrogens (tertiary/aromatic N) is 2. The van der Waals surface area contributed by atoms with Crippen molar-refractivity contribution in [2.45, 2.75) is 25.5 Å². The fraction of sp³-hybridized carbons (Fsp3) is 0.875. The molecule has 0 aromatic heterocycles. The van der Waals surface area contributed by atoms with E-state index in [0.29, 0.717) is 0 Å². The highest BCUT2D eigenvalue weighted by Gasteiger charge is 2.33. The fourth-order valence-corrected chi connectivity index (χ4v) is 0.784. The normalized spacial score (nSPS) is 19.0. The van der Waals surface area contributed by atoms with Gasteiger partial charge in [0.1, 0.15) is 5.54 Å². The van der Waals surface area contributed by atoms with Gasteiger partial charge in [0.25, 0.3) is 0 Å². The molecule has 11 heavy (non-hydrogen) atoms. The van der Waals surface area contributed by atoms with Crippen molar-refractivity contribution in [3.05, 3.63) is 0 Å². The lowest BCUT2D eigenvalue weighted by Gasteiger charge is -2.33. The molecule has 3 heteroatoms. The molecular weight excluding hydrogens is 140 g/mol. The first-order valence-corrected chi connectivity index (χ1v) is 3.60. The number of rotatable bonds is 3. The SMILES string of the molecule is COC(C)C(C)(C#N)N(C)C. The van der Waals surface area contributed by atoms with Crippen molar-refractivity contribution in [1.82, 2.24) is 4.90 Å². The van der Waals surface area contributed by atoms with Crippen LogP contribution in [-0.2, 0) is 4.74 Å². The van der Waals surface area contributed by atoms with Gasteiger partial charge in [0.05, 0.1) is 12.2 Å². The Hall–Kier alpha value is -0.590. The smallest absolute Gasteiger partial charge is 0.131 e. The number of nitriles is 1. The summed E-state index contributed by atoms with van der Waals surface area (Å²) in [5, 5.41) is 8.89. The molecule has 3 nitrogen and oxygen atoms in total. The van der Waals surface area contributed by atoms with Crippen LogP contribution in [-0.4, -0.2) is 37.7 Å². The van der Waals surface area contributed by atoms with E-state index in [1.165, 1.54) is 0 Å². The van der Waals surface area contributed by atoms with E-state index in [0.717, 1.165) is 0 Å². The second-order valence-electron chi connectivity index (χ2n) is 3.03. The van der Waals surface area contributed by atoms with Gasteiger partial charge in [-0.05, 0) is 27.9 Å². The molecule has 0 rings (SSSR count). The van der Waals surface area contributed by atoms with E-state index in [1.807, 2.05) is 32.8 Å². The summed E-state index contributed by atoms with van der Waals surface area (Å²) >= 11 is 0. The lowest BCUT2D eigenvalue weighted by molar-refractivity contribution is 0.0176. The topological polar surface area (TPSA) is 36.3 Å². The number of likely N-dealkylation sites (N-methyl/N-ethyl adjacent to an activating group) is 1. The van der Waals surface area contributed by atoms with Crippen molar-refractivity contribution in [3.8, 4) is 6.07 Å². The van der Waals surface area contributed by atoms with Gasteiger partial charge in [0, 0.05) is 7.11 Å². The zero-order chi connectivity index (χ0) is 9.07. The summed E-state index contributed by atoms with van der Waals surface area (Å²) < 4.78 is 5.10. The van der Waals surface area contributed by atoms with E-state index in [-0.39, 0.29) is 6.10 Å². The van der Waals surface area contributed by atoms with Crippen LogP contribution in [0.4, 0.5) is 0 Å². The van der Waals surface area contributed by atoms with Crippen LogP contribution in [0.1, 0.15) is 13.8 Å². The molecular formula is C8H16N2O. The van der Waals surface area contributed by atoms with Crippen LogP contribution in [0, 0.1) is 11.3 Å². The van der Waals surface area contributed by atoms with Crippen molar-refractivity contribution in [2.75, 3.05) is 21.2 Å². The van der Waals surface area contributed by atoms with Gasteiger partial charge in [0.2, 0.25) is 0 Å². The average Bonchev–Trinajstić information content (AvgIpc) is 2.01. The molecule has 0 bridgehead atoms. The van der Waals surface area contributed by atoms with Crippen LogP contribution in [0.25, 0.3) is 0 Å². The van der Waals surface area contributed by atoms with Crippen molar-refractivity contribution in [2.24, 2.45) is 0 Å². The first kappa shape index (κ1) is 10.4. The second-order valence-corrected chi connectivity index (χ2v) is 3.03. The zero-order valence-corrected chi connectivity index (χ0v) is 7.88. The van der Waals surface area contributed by atoms with Gasteiger partial charge in [-0.15, -0.1) is 0 Å². The van der Waals surface area contributed by atoms with Crippen LogP contribution < -0.4 is 0 Å². The fourth-order valence-electron chi connectivity index (χ4n) is 0.784. The number of methoxy groups -OCH3 is 1. The molecule has 0 aromatic carbocycles. The van der Waals surface area contributed by atoms with E-state index in [9.17, 15) is 0 Å². The first-order chi connectivity index (χ1) is 4.99. The number of ether oxygens (including phenoxy) is 1. The Morgan fingerprint density at radius 1 is 1.55 bits per heavy atom. The van der Waals surface area contributed by atoms with Crippen molar-refractivity contribution < 1.29 is 4.74 Å². The molecule has 0 fully saturated rings. The average molecular weight is 156 g/mol. The molecule has 0 saturated carbocycles. The molecule has 0 aliphatic carbocycles. The molecule has 0 aromatic rings. The Labute approximate surface area is 68.6 Å². The molecule has 2 unspecified atom stereocenters. The minimum absolute atomic E-state index is 0.0810. The van der Waals surface area contributed by atoms with Gasteiger partial charge < -0.3 is 4.74 Å². The molecule has 0 N–H and O–H groups in total. The molecule has 0 heterocycles. The molecule has 0 radical (unpaired) electrons. The summed E-state index contributed by atoms with van der Waals surface area (Å²) in [5.74, 6) is 0. The Balaban J connectivity index is 4.49. The lowest BCUT2D eigenvalue weighted by Crippen LogP contribution is -2.49. The molecule has 0 aliphatic rings. The third-order valence-corrected chi connectivity index (χ3v) is 2.30. The minimum Gasteiger partial charge on any atom is -0.379 e. The Morgan fingerprint density at radius 3 is 2.09 bits per heavy atom. The van der Waals surface area contributed by atoms with Crippen molar-refractivity contribution >= 4 is 0 Å². The number of hydrogen-bond acceptors (Lipinski definition) is 3. The monoisotopic (exact) mass is 156 g/mol. The maximum Gasteiger partial charge on any atom is 0.131 e. The third-order valence-electron chi connectivity index (χ3n) is 2.30. The van der Waals surface area contributed by atoms with Crippen molar-refractivity contribution in [3.63, 3.8) is 0 Å². The second kappa shape index (κ2) is 3.70. The lowest BCUT2D eigenvalue weighted by atomic mass is 9.96. The van der Waals surface area contributed by atoms with Gasteiger partial charge in [0.15, 0.2) is 0 Å². The maximum atomic E-state index is 8.89. The van der Waals surface area contributed by atoms with Crippen LogP contribution in [0.2, 0.25) is 0 Å². The van der Waals surface area contributed by atoms with Crippen LogP contribution in [0.3, 0.4) is 0 Å². The molecule has 0 saturated heterocycles. The summed E-state index contributed by atoms with van der Waals surface area (Å²) in [6.45, 7) is 3.75. The Morgan fingerprint density at radius 2 is 2.00 bits per heavy atom. The standard InChI is InChI=1S/C8H16N2O/c1-7(11-5)8(2,6-9)10(3)4/h7H,1-5H3. The molecule has 0 aliphatic heterocycles. The van der Waals surface area contributed by atoms with Crippen molar-refractivity contribution in [1.29, 1.82) is 5.26 Å².